The Kier molecular flexibility index (Phi) is 4.19. The second-order valence-electron chi connectivity index (χ2n) is 3.78. The standard InChI is InChI=1S/C14H11BrClF/c15-12(11-6-2-3-7-13(11)16)9-10-5-1-4-8-14(10)17/h1-8,12H,9H2. The zero-order chi connectivity index (χ0) is 12.3. The summed E-state index contributed by atoms with van der Waals surface area (Å²) in [7, 11) is 0. The fourth-order valence-electron chi connectivity index (χ4n) is 1.70. The Hall–Kier alpha value is -0.860. The van der Waals surface area contributed by atoms with Crippen molar-refractivity contribution in [3.8, 4) is 0 Å². The Balaban J connectivity index is 2.20. The van der Waals surface area contributed by atoms with Crippen LogP contribution in [0.1, 0.15) is 16.0 Å². The van der Waals surface area contributed by atoms with Crippen LogP contribution in [0.4, 0.5) is 4.39 Å². The van der Waals surface area contributed by atoms with Gasteiger partial charge in [-0.3, -0.25) is 0 Å². The molecule has 0 spiro atoms. The van der Waals surface area contributed by atoms with Crippen molar-refractivity contribution in [1.82, 2.24) is 0 Å². The molecule has 0 bridgehead atoms. The van der Waals surface area contributed by atoms with E-state index >= 15 is 0 Å². The summed E-state index contributed by atoms with van der Waals surface area (Å²) in [5, 5.41) is 0.700. The van der Waals surface area contributed by atoms with Gasteiger partial charge in [-0.25, -0.2) is 4.39 Å². The van der Waals surface area contributed by atoms with E-state index in [-0.39, 0.29) is 10.6 Å². The van der Waals surface area contributed by atoms with Gasteiger partial charge >= 0.3 is 0 Å². The van der Waals surface area contributed by atoms with E-state index in [4.69, 9.17) is 11.6 Å². The molecule has 0 amide bonds. The zero-order valence-electron chi connectivity index (χ0n) is 9.04. The van der Waals surface area contributed by atoms with Crippen LogP contribution < -0.4 is 0 Å². The Morgan fingerprint density at radius 2 is 1.71 bits per heavy atom. The Labute approximate surface area is 114 Å². The summed E-state index contributed by atoms with van der Waals surface area (Å²) in [6.45, 7) is 0. The van der Waals surface area contributed by atoms with Gasteiger partial charge in [-0.15, -0.1) is 0 Å². The molecule has 0 N–H and O–H groups in total. The second kappa shape index (κ2) is 5.65. The zero-order valence-corrected chi connectivity index (χ0v) is 11.4. The van der Waals surface area contributed by atoms with E-state index in [1.54, 1.807) is 12.1 Å². The molecule has 0 aliphatic carbocycles. The fraction of sp³-hybridized carbons (Fsp3) is 0.143. The van der Waals surface area contributed by atoms with Gasteiger partial charge in [0.2, 0.25) is 0 Å². The lowest BCUT2D eigenvalue weighted by molar-refractivity contribution is 0.608. The molecule has 88 valence electrons. The predicted octanol–water partition coefficient (Wildman–Crippen LogP) is 5.16. The maximum atomic E-state index is 13.5. The number of hydrogen-bond acceptors (Lipinski definition) is 0. The lowest BCUT2D eigenvalue weighted by atomic mass is 10.0. The first-order valence-electron chi connectivity index (χ1n) is 5.30. The van der Waals surface area contributed by atoms with Crippen LogP contribution >= 0.6 is 27.5 Å². The molecule has 0 saturated carbocycles. The molecule has 0 aliphatic rings. The summed E-state index contributed by atoms with van der Waals surface area (Å²) >= 11 is 9.66. The normalized spacial score (nSPS) is 12.4. The molecule has 3 heteroatoms. The highest BCUT2D eigenvalue weighted by Crippen LogP contribution is 2.32. The molecule has 2 aromatic rings. The number of alkyl halides is 1. The van der Waals surface area contributed by atoms with Crippen LogP contribution in [0.25, 0.3) is 0 Å². The number of halogens is 3. The summed E-state index contributed by atoms with van der Waals surface area (Å²) in [5.74, 6) is -0.177. The van der Waals surface area contributed by atoms with Crippen molar-refractivity contribution >= 4 is 27.5 Å². The van der Waals surface area contributed by atoms with Crippen molar-refractivity contribution in [2.75, 3.05) is 0 Å². The lowest BCUT2D eigenvalue weighted by Gasteiger charge is -2.12. The van der Waals surface area contributed by atoms with Crippen molar-refractivity contribution < 1.29 is 4.39 Å². The van der Waals surface area contributed by atoms with Crippen LogP contribution in [-0.4, -0.2) is 0 Å². The van der Waals surface area contributed by atoms with E-state index < -0.39 is 0 Å². The fourth-order valence-corrected chi connectivity index (χ4v) is 2.84. The highest BCUT2D eigenvalue weighted by molar-refractivity contribution is 9.09. The summed E-state index contributed by atoms with van der Waals surface area (Å²) in [6, 6.07) is 14.4. The average Bonchev–Trinajstić information content (AvgIpc) is 2.32. The molecule has 0 aromatic heterocycles. The molecule has 2 aromatic carbocycles. The molecule has 0 heterocycles. The predicted molar refractivity (Wildman–Crippen MR) is 73.2 cm³/mol. The minimum absolute atomic E-state index is 0.0214. The van der Waals surface area contributed by atoms with Gasteiger partial charge in [0.25, 0.3) is 0 Å². The highest BCUT2D eigenvalue weighted by atomic mass is 79.9. The topological polar surface area (TPSA) is 0 Å². The van der Waals surface area contributed by atoms with Crippen molar-refractivity contribution in [3.63, 3.8) is 0 Å². The third kappa shape index (κ3) is 3.08. The van der Waals surface area contributed by atoms with Gasteiger partial charge in [0.15, 0.2) is 0 Å². The van der Waals surface area contributed by atoms with Gasteiger partial charge in [-0.05, 0) is 29.7 Å². The van der Waals surface area contributed by atoms with Gasteiger partial charge in [0, 0.05) is 9.85 Å². The molecular formula is C14H11BrClF. The summed E-state index contributed by atoms with van der Waals surface area (Å²) in [6.07, 6.45) is 0.580. The number of hydrogen-bond donors (Lipinski definition) is 0. The van der Waals surface area contributed by atoms with Gasteiger partial charge in [0.1, 0.15) is 5.82 Å². The summed E-state index contributed by atoms with van der Waals surface area (Å²) in [4.78, 5) is 0.0214. The molecule has 0 radical (unpaired) electrons. The first-order valence-corrected chi connectivity index (χ1v) is 6.59. The number of benzene rings is 2. The first-order chi connectivity index (χ1) is 8.18. The third-order valence-electron chi connectivity index (χ3n) is 2.60. The first kappa shape index (κ1) is 12.6. The molecule has 1 unspecified atom stereocenters. The molecule has 0 aliphatic heterocycles. The number of rotatable bonds is 3. The van der Waals surface area contributed by atoms with Crippen LogP contribution in [0.2, 0.25) is 5.02 Å². The quantitative estimate of drug-likeness (QED) is 0.687. The van der Waals surface area contributed by atoms with Crippen molar-refractivity contribution in [2.45, 2.75) is 11.2 Å². The van der Waals surface area contributed by atoms with Gasteiger partial charge < -0.3 is 0 Å². The smallest absolute Gasteiger partial charge is 0.126 e. The minimum atomic E-state index is -0.177. The van der Waals surface area contributed by atoms with E-state index in [2.05, 4.69) is 15.9 Å². The van der Waals surface area contributed by atoms with Crippen LogP contribution in [0.15, 0.2) is 48.5 Å². The maximum Gasteiger partial charge on any atom is 0.126 e. The minimum Gasteiger partial charge on any atom is -0.207 e. The monoisotopic (exact) mass is 312 g/mol. The molecule has 17 heavy (non-hydrogen) atoms. The van der Waals surface area contributed by atoms with Crippen LogP contribution in [0.3, 0.4) is 0 Å². The largest absolute Gasteiger partial charge is 0.207 e. The lowest BCUT2D eigenvalue weighted by Crippen LogP contribution is -1.98. The van der Waals surface area contributed by atoms with Crippen LogP contribution in [0, 0.1) is 5.82 Å². The second-order valence-corrected chi connectivity index (χ2v) is 5.30. The van der Waals surface area contributed by atoms with E-state index in [0.29, 0.717) is 17.0 Å². The van der Waals surface area contributed by atoms with E-state index in [9.17, 15) is 4.39 Å². The third-order valence-corrected chi connectivity index (χ3v) is 3.76. The highest BCUT2D eigenvalue weighted by Gasteiger charge is 2.13. The van der Waals surface area contributed by atoms with Gasteiger partial charge in [-0.2, -0.15) is 0 Å². The summed E-state index contributed by atoms with van der Waals surface area (Å²) < 4.78 is 13.5. The van der Waals surface area contributed by atoms with Crippen molar-refractivity contribution in [2.24, 2.45) is 0 Å². The molecule has 0 nitrogen and oxygen atoms in total. The van der Waals surface area contributed by atoms with Gasteiger partial charge in [0.05, 0.1) is 0 Å². The molecular weight excluding hydrogens is 303 g/mol. The van der Waals surface area contributed by atoms with E-state index in [1.165, 1.54) is 6.07 Å². The molecule has 0 fully saturated rings. The van der Waals surface area contributed by atoms with Crippen LogP contribution in [0.5, 0.6) is 0 Å². The van der Waals surface area contributed by atoms with Crippen LogP contribution in [-0.2, 0) is 6.42 Å². The molecule has 0 saturated heterocycles. The van der Waals surface area contributed by atoms with E-state index in [1.807, 2.05) is 30.3 Å². The van der Waals surface area contributed by atoms with E-state index in [0.717, 1.165) is 5.56 Å². The molecule has 1 atom stereocenters. The molecule has 2 rings (SSSR count). The van der Waals surface area contributed by atoms with Gasteiger partial charge in [-0.1, -0.05) is 63.9 Å². The SMILES string of the molecule is Fc1ccccc1CC(Br)c1ccccc1Cl. The van der Waals surface area contributed by atoms with Crippen molar-refractivity contribution in [3.05, 3.63) is 70.5 Å². The van der Waals surface area contributed by atoms with Crippen molar-refractivity contribution in [1.29, 1.82) is 0 Å². The Morgan fingerprint density at radius 1 is 1.06 bits per heavy atom. The Bertz CT molecular complexity index is 513. The Morgan fingerprint density at radius 3 is 2.41 bits per heavy atom. The maximum absolute atomic E-state index is 13.5. The average molecular weight is 314 g/mol. The summed E-state index contributed by atoms with van der Waals surface area (Å²) in [5.41, 5.74) is 1.67.